The van der Waals surface area contributed by atoms with Crippen molar-refractivity contribution < 1.29 is 0 Å². The second-order valence-corrected chi connectivity index (χ2v) is 4.28. The normalized spacial score (nSPS) is 45.7. The number of rotatable bonds is 2. The molecule has 0 aromatic rings. The highest BCUT2D eigenvalue weighted by Gasteiger charge is 2.42. The van der Waals surface area contributed by atoms with Crippen molar-refractivity contribution in [2.24, 2.45) is 23.7 Å². The molecule has 66 valence electrons. The minimum Gasteiger partial charge on any atom is -0.103 e. The molecule has 2 fully saturated rings. The maximum Gasteiger partial charge on any atom is -0.0205 e. The van der Waals surface area contributed by atoms with Crippen molar-refractivity contribution in [3.05, 3.63) is 25.3 Å². The van der Waals surface area contributed by atoms with Crippen molar-refractivity contribution >= 4 is 0 Å². The molecule has 0 spiro atoms. The number of allylic oxidation sites excluding steroid dienone is 2. The molecule has 2 rings (SSSR count). The highest BCUT2D eigenvalue weighted by Crippen LogP contribution is 2.51. The second-order valence-electron chi connectivity index (χ2n) is 4.28. The fraction of sp³-hybridized carbons (Fsp3) is 0.667. The smallest absolute Gasteiger partial charge is 0.0205 e. The highest BCUT2D eigenvalue weighted by molar-refractivity contribution is 5.03. The Hall–Kier alpha value is -0.520. The van der Waals surface area contributed by atoms with Gasteiger partial charge in [0.1, 0.15) is 0 Å². The van der Waals surface area contributed by atoms with Gasteiger partial charge in [0.05, 0.1) is 0 Å². The fourth-order valence-corrected chi connectivity index (χ4v) is 3.27. The van der Waals surface area contributed by atoms with E-state index >= 15 is 0 Å². The van der Waals surface area contributed by atoms with Gasteiger partial charge in [0, 0.05) is 0 Å². The van der Waals surface area contributed by atoms with Crippen molar-refractivity contribution in [2.75, 3.05) is 0 Å². The topological polar surface area (TPSA) is 0 Å². The van der Waals surface area contributed by atoms with Gasteiger partial charge in [0.2, 0.25) is 0 Å². The molecule has 2 saturated carbocycles. The van der Waals surface area contributed by atoms with Crippen LogP contribution in [-0.4, -0.2) is 0 Å². The van der Waals surface area contributed by atoms with Gasteiger partial charge in [0.25, 0.3) is 0 Å². The molecule has 0 aromatic heterocycles. The zero-order chi connectivity index (χ0) is 8.55. The van der Waals surface area contributed by atoms with Crippen LogP contribution < -0.4 is 0 Å². The molecule has 4 unspecified atom stereocenters. The van der Waals surface area contributed by atoms with Gasteiger partial charge in [-0.3, -0.25) is 0 Å². The summed E-state index contributed by atoms with van der Waals surface area (Å²) >= 11 is 0. The Kier molecular flexibility index (Phi) is 2.08. The molecule has 0 N–H and O–H groups in total. The summed E-state index contributed by atoms with van der Waals surface area (Å²) < 4.78 is 0. The van der Waals surface area contributed by atoms with E-state index in [1.165, 1.54) is 25.7 Å². The van der Waals surface area contributed by atoms with Crippen LogP contribution in [0.3, 0.4) is 0 Å². The first-order chi connectivity index (χ1) is 5.86. The van der Waals surface area contributed by atoms with Crippen LogP contribution in [0, 0.1) is 23.7 Å². The fourth-order valence-electron chi connectivity index (χ4n) is 3.27. The molecule has 0 nitrogen and oxygen atoms in total. The maximum atomic E-state index is 3.93. The summed E-state index contributed by atoms with van der Waals surface area (Å²) in [4.78, 5) is 0. The third-order valence-electron chi connectivity index (χ3n) is 3.92. The number of hydrogen-bond donors (Lipinski definition) is 0. The van der Waals surface area contributed by atoms with Gasteiger partial charge in [-0.15, -0.1) is 13.2 Å². The van der Waals surface area contributed by atoms with Crippen LogP contribution in [0.1, 0.15) is 25.7 Å². The number of fused-ring (bicyclic) bond motifs is 1. The van der Waals surface area contributed by atoms with Crippen molar-refractivity contribution in [1.29, 1.82) is 0 Å². The summed E-state index contributed by atoms with van der Waals surface area (Å²) in [6.07, 6.45) is 9.94. The molecule has 0 radical (unpaired) electrons. The molecule has 0 aromatic carbocycles. The Labute approximate surface area is 75.4 Å². The van der Waals surface area contributed by atoms with Crippen molar-refractivity contribution in [1.82, 2.24) is 0 Å². The quantitative estimate of drug-likeness (QED) is 0.546. The molecule has 0 aliphatic heterocycles. The third-order valence-corrected chi connectivity index (χ3v) is 3.92. The zero-order valence-electron chi connectivity index (χ0n) is 7.71. The first kappa shape index (κ1) is 8.10. The Morgan fingerprint density at radius 2 is 1.17 bits per heavy atom. The average molecular weight is 162 g/mol. The molecule has 4 atom stereocenters. The summed E-state index contributed by atoms with van der Waals surface area (Å²) in [6.45, 7) is 7.86. The van der Waals surface area contributed by atoms with E-state index in [1.54, 1.807) is 0 Å². The lowest BCUT2D eigenvalue weighted by Gasteiger charge is -2.16. The van der Waals surface area contributed by atoms with Gasteiger partial charge >= 0.3 is 0 Å². The summed E-state index contributed by atoms with van der Waals surface area (Å²) in [5.74, 6) is 3.54. The van der Waals surface area contributed by atoms with E-state index in [2.05, 4.69) is 25.3 Å². The molecule has 0 heteroatoms. The average Bonchev–Trinajstić information content (AvgIpc) is 2.62. The Morgan fingerprint density at radius 1 is 0.750 bits per heavy atom. The van der Waals surface area contributed by atoms with Crippen LogP contribution in [0.25, 0.3) is 0 Å². The second kappa shape index (κ2) is 3.08. The summed E-state index contributed by atoms with van der Waals surface area (Å²) in [6, 6.07) is 0. The lowest BCUT2D eigenvalue weighted by atomic mass is 9.89. The monoisotopic (exact) mass is 162 g/mol. The standard InChI is InChI=1S/C12H18/c1-3-9-5-7-12-10(4-2)6-8-11(9)12/h3-4,9-12H,1-2,5-8H2. The molecule has 2 aliphatic rings. The molecule has 0 bridgehead atoms. The lowest BCUT2D eigenvalue weighted by molar-refractivity contribution is 0.374. The van der Waals surface area contributed by atoms with Crippen LogP contribution in [0.2, 0.25) is 0 Å². The van der Waals surface area contributed by atoms with E-state index in [1.807, 2.05) is 0 Å². The zero-order valence-corrected chi connectivity index (χ0v) is 7.71. The third kappa shape index (κ3) is 1.05. The van der Waals surface area contributed by atoms with Crippen LogP contribution in [0.5, 0.6) is 0 Å². The van der Waals surface area contributed by atoms with Gasteiger partial charge in [0.15, 0.2) is 0 Å². The van der Waals surface area contributed by atoms with E-state index in [-0.39, 0.29) is 0 Å². The highest BCUT2D eigenvalue weighted by atomic mass is 14.5. The van der Waals surface area contributed by atoms with Gasteiger partial charge in [-0.05, 0) is 49.4 Å². The SMILES string of the molecule is C=CC1CCC2C(C=C)CCC12. The summed E-state index contributed by atoms with van der Waals surface area (Å²) in [7, 11) is 0. The van der Waals surface area contributed by atoms with Gasteiger partial charge < -0.3 is 0 Å². The molecular weight excluding hydrogens is 144 g/mol. The van der Waals surface area contributed by atoms with E-state index in [0.29, 0.717) is 0 Å². The maximum absolute atomic E-state index is 3.93. The van der Waals surface area contributed by atoms with Crippen LogP contribution in [0.4, 0.5) is 0 Å². The Morgan fingerprint density at radius 3 is 1.50 bits per heavy atom. The van der Waals surface area contributed by atoms with Crippen LogP contribution in [-0.2, 0) is 0 Å². The molecule has 2 aliphatic carbocycles. The molecular formula is C12H18. The molecule has 0 heterocycles. The first-order valence-electron chi connectivity index (χ1n) is 5.12. The molecule has 0 saturated heterocycles. The van der Waals surface area contributed by atoms with Crippen molar-refractivity contribution in [3.8, 4) is 0 Å². The molecule has 12 heavy (non-hydrogen) atoms. The molecule has 0 amide bonds. The predicted octanol–water partition coefficient (Wildman–Crippen LogP) is 3.41. The van der Waals surface area contributed by atoms with Crippen LogP contribution in [0.15, 0.2) is 25.3 Å². The first-order valence-corrected chi connectivity index (χ1v) is 5.12. The van der Waals surface area contributed by atoms with Gasteiger partial charge in [-0.2, -0.15) is 0 Å². The Balaban J connectivity index is 2.10. The van der Waals surface area contributed by atoms with Gasteiger partial charge in [-0.1, -0.05) is 12.2 Å². The van der Waals surface area contributed by atoms with Crippen molar-refractivity contribution in [3.63, 3.8) is 0 Å². The van der Waals surface area contributed by atoms with E-state index in [9.17, 15) is 0 Å². The van der Waals surface area contributed by atoms with Crippen molar-refractivity contribution in [2.45, 2.75) is 25.7 Å². The van der Waals surface area contributed by atoms with Gasteiger partial charge in [-0.25, -0.2) is 0 Å². The summed E-state index contributed by atoms with van der Waals surface area (Å²) in [5.41, 5.74) is 0. The van der Waals surface area contributed by atoms with E-state index < -0.39 is 0 Å². The van der Waals surface area contributed by atoms with E-state index in [4.69, 9.17) is 0 Å². The van der Waals surface area contributed by atoms with Crippen LogP contribution >= 0.6 is 0 Å². The largest absolute Gasteiger partial charge is 0.103 e. The summed E-state index contributed by atoms with van der Waals surface area (Å²) in [5, 5.41) is 0. The van der Waals surface area contributed by atoms with E-state index in [0.717, 1.165) is 23.7 Å². The minimum atomic E-state index is 0.819. The Bertz CT molecular complexity index is 170. The lowest BCUT2D eigenvalue weighted by Crippen LogP contribution is -2.10. The number of hydrogen-bond acceptors (Lipinski definition) is 0. The minimum absolute atomic E-state index is 0.819. The predicted molar refractivity (Wildman–Crippen MR) is 52.8 cm³/mol.